The number of aromatic amines is 1. The van der Waals surface area contributed by atoms with Crippen LogP contribution in [0.25, 0.3) is 10.9 Å². The number of anilines is 1. The molecule has 24 heavy (non-hydrogen) atoms. The molecule has 6 heteroatoms. The van der Waals surface area contributed by atoms with Gasteiger partial charge in [0.15, 0.2) is 0 Å². The Bertz CT molecular complexity index is 916. The van der Waals surface area contributed by atoms with Crippen LogP contribution in [0.2, 0.25) is 5.02 Å². The second kappa shape index (κ2) is 6.37. The summed E-state index contributed by atoms with van der Waals surface area (Å²) in [5.41, 5.74) is 1.94. The number of rotatable bonds is 4. The number of H-pyrrole nitrogens is 1. The van der Waals surface area contributed by atoms with Gasteiger partial charge in [0, 0.05) is 34.2 Å². The van der Waals surface area contributed by atoms with Crippen LogP contribution in [0, 0.1) is 0 Å². The van der Waals surface area contributed by atoms with Gasteiger partial charge >= 0.3 is 5.97 Å². The summed E-state index contributed by atoms with van der Waals surface area (Å²) in [6.45, 7) is 0. The molecule has 0 atom stereocenters. The van der Waals surface area contributed by atoms with E-state index >= 15 is 0 Å². The lowest BCUT2D eigenvalue weighted by Crippen LogP contribution is -2.28. The molecule has 2 N–H and O–H groups in total. The minimum atomic E-state index is -1.08. The molecule has 0 aliphatic carbocycles. The van der Waals surface area contributed by atoms with E-state index in [2.05, 4.69) is 4.98 Å². The Balaban J connectivity index is 1.94. The molecule has 2 aromatic carbocycles. The molecule has 0 unspecified atom stereocenters. The molecule has 0 saturated heterocycles. The molecule has 0 saturated carbocycles. The fraction of sp³-hybridized carbons (Fsp3) is 0.111. The number of carboxylic acid groups (broad SMARTS) is 1. The molecule has 0 aliphatic rings. The van der Waals surface area contributed by atoms with E-state index in [9.17, 15) is 14.7 Å². The molecule has 0 bridgehead atoms. The summed E-state index contributed by atoms with van der Waals surface area (Å²) in [4.78, 5) is 28.4. The molecule has 1 amide bonds. The van der Waals surface area contributed by atoms with Gasteiger partial charge in [-0.15, -0.1) is 0 Å². The standard InChI is InChI=1S/C18H15ClN2O3/c1-21(12-8-6-11(19)7-9-12)16(22)10-14-13-4-2-3-5-15(13)20-17(14)18(23)24/h2-9,20H,10H2,1H3,(H,23,24). The van der Waals surface area contributed by atoms with Crippen molar-refractivity contribution < 1.29 is 14.7 Å². The number of carbonyl (C=O) groups is 2. The lowest BCUT2D eigenvalue weighted by molar-refractivity contribution is -0.117. The van der Waals surface area contributed by atoms with Crippen molar-refractivity contribution >= 4 is 40.1 Å². The maximum Gasteiger partial charge on any atom is 0.352 e. The number of nitrogens with zero attached hydrogens (tertiary/aromatic N) is 1. The lowest BCUT2D eigenvalue weighted by Gasteiger charge is -2.17. The molecule has 122 valence electrons. The second-order valence-electron chi connectivity index (χ2n) is 5.44. The van der Waals surface area contributed by atoms with E-state index in [4.69, 9.17) is 11.6 Å². The van der Waals surface area contributed by atoms with Gasteiger partial charge in [-0.2, -0.15) is 0 Å². The van der Waals surface area contributed by atoms with E-state index < -0.39 is 5.97 Å². The van der Waals surface area contributed by atoms with Gasteiger partial charge in [-0.1, -0.05) is 29.8 Å². The van der Waals surface area contributed by atoms with Crippen LogP contribution >= 0.6 is 11.6 Å². The smallest absolute Gasteiger partial charge is 0.352 e. The van der Waals surface area contributed by atoms with Gasteiger partial charge in [0.1, 0.15) is 5.69 Å². The van der Waals surface area contributed by atoms with Crippen molar-refractivity contribution in [2.24, 2.45) is 0 Å². The van der Waals surface area contributed by atoms with E-state index in [1.807, 2.05) is 18.2 Å². The number of fused-ring (bicyclic) bond motifs is 1. The largest absolute Gasteiger partial charge is 0.477 e. The molecule has 3 aromatic rings. The normalized spacial score (nSPS) is 10.8. The van der Waals surface area contributed by atoms with Crippen molar-refractivity contribution in [2.75, 3.05) is 11.9 Å². The second-order valence-corrected chi connectivity index (χ2v) is 5.87. The summed E-state index contributed by atoms with van der Waals surface area (Å²) in [6.07, 6.45) is -0.00915. The Kier molecular flexibility index (Phi) is 4.27. The van der Waals surface area contributed by atoms with Crippen LogP contribution in [-0.2, 0) is 11.2 Å². The first kappa shape index (κ1) is 16.1. The number of para-hydroxylation sites is 1. The number of nitrogens with one attached hydrogen (secondary N) is 1. The minimum Gasteiger partial charge on any atom is -0.477 e. The SMILES string of the molecule is CN(C(=O)Cc1c(C(=O)O)[nH]c2ccccc12)c1ccc(Cl)cc1. The van der Waals surface area contributed by atoms with Gasteiger partial charge in [0.2, 0.25) is 5.91 Å². The number of hydrogen-bond donors (Lipinski definition) is 2. The number of likely N-dealkylation sites (N-methyl/N-ethyl adjacent to an activating group) is 1. The highest BCUT2D eigenvalue weighted by atomic mass is 35.5. The summed E-state index contributed by atoms with van der Waals surface area (Å²) < 4.78 is 0. The van der Waals surface area contributed by atoms with Crippen molar-refractivity contribution in [3.05, 3.63) is 64.8 Å². The third-order valence-electron chi connectivity index (χ3n) is 3.94. The van der Waals surface area contributed by atoms with Crippen molar-refractivity contribution in [2.45, 2.75) is 6.42 Å². The van der Waals surface area contributed by atoms with E-state index in [1.54, 1.807) is 37.4 Å². The first-order valence-corrected chi connectivity index (χ1v) is 7.70. The number of carboxylic acids is 1. The van der Waals surface area contributed by atoms with E-state index in [0.717, 1.165) is 5.39 Å². The molecular weight excluding hydrogens is 328 g/mol. The third kappa shape index (κ3) is 2.98. The van der Waals surface area contributed by atoms with Crippen LogP contribution in [-0.4, -0.2) is 29.0 Å². The first-order chi connectivity index (χ1) is 11.5. The molecule has 5 nitrogen and oxygen atoms in total. The first-order valence-electron chi connectivity index (χ1n) is 7.32. The summed E-state index contributed by atoms with van der Waals surface area (Å²) >= 11 is 5.86. The molecular formula is C18H15ClN2O3. The minimum absolute atomic E-state index is 0.00915. The summed E-state index contributed by atoms with van der Waals surface area (Å²) in [6, 6.07) is 14.1. The summed E-state index contributed by atoms with van der Waals surface area (Å²) in [5, 5.41) is 10.7. The zero-order valence-corrected chi connectivity index (χ0v) is 13.7. The van der Waals surface area contributed by atoms with E-state index in [0.29, 0.717) is 21.8 Å². The highest BCUT2D eigenvalue weighted by Crippen LogP contribution is 2.24. The molecule has 0 radical (unpaired) electrons. The van der Waals surface area contributed by atoms with Gasteiger partial charge in [-0.3, -0.25) is 4.79 Å². The van der Waals surface area contributed by atoms with Crippen molar-refractivity contribution in [1.29, 1.82) is 0 Å². The molecule has 1 aromatic heterocycles. The van der Waals surface area contributed by atoms with Gasteiger partial charge < -0.3 is 15.0 Å². The lowest BCUT2D eigenvalue weighted by atomic mass is 10.1. The Hall–Kier alpha value is -2.79. The van der Waals surface area contributed by atoms with E-state index in [-0.39, 0.29) is 18.0 Å². The molecule has 0 fully saturated rings. The highest BCUT2D eigenvalue weighted by molar-refractivity contribution is 6.30. The number of halogens is 1. The summed E-state index contributed by atoms with van der Waals surface area (Å²) in [7, 11) is 1.65. The molecule has 0 aliphatic heterocycles. The highest BCUT2D eigenvalue weighted by Gasteiger charge is 2.21. The van der Waals surface area contributed by atoms with Gasteiger partial charge in [0.05, 0.1) is 6.42 Å². The third-order valence-corrected chi connectivity index (χ3v) is 4.20. The number of aromatic carboxylic acids is 1. The van der Waals surface area contributed by atoms with Crippen LogP contribution in [0.4, 0.5) is 5.69 Å². The maximum atomic E-state index is 12.6. The van der Waals surface area contributed by atoms with Gasteiger partial charge in [-0.05, 0) is 30.3 Å². The zero-order chi connectivity index (χ0) is 17.3. The Morgan fingerprint density at radius 1 is 1.12 bits per heavy atom. The Morgan fingerprint density at radius 3 is 2.46 bits per heavy atom. The number of carbonyl (C=O) groups excluding carboxylic acids is 1. The molecule has 1 heterocycles. The fourth-order valence-electron chi connectivity index (χ4n) is 2.64. The van der Waals surface area contributed by atoms with Crippen LogP contribution in [0.5, 0.6) is 0 Å². The van der Waals surface area contributed by atoms with Crippen molar-refractivity contribution in [1.82, 2.24) is 4.98 Å². The number of amides is 1. The van der Waals surface area contributed by atoms with Crippen molar-refractivity contribution in [3.63, 3.8) is 0 Å². The van der Waals surface area contributed by atoms with Crippen molar-refractivity contribution in [3.8, 4) is 0 Å². The Morgan fingerprint density at radius 2 is 1.79 bits per heavy atom. The van der Waals surface area contributed by atoms with Crippen LogP contribution in [0.15, 0.2) is 48.5 Å². The predicted octanol–water partition coefficient (Wildman–Crippen LogP) is 3.73. The summed E-state index contributed by atoms with van der Waals surface area (Å²) in [5.74, 6) is -1.28. The topological polar surface area (TPSA) is 73.4 Å². The van der Waals surface area contributed by atoms with Gasteiger partial charge in [0.25, 0.3) is 0 Å². The number of benzene rings is 2. The quantitative estimate of drug-likeness (QED) is 0.758. The van der Waals surface area contributed by atoms with Crippen LogP contribution in [0.3, 0.4) is 0 Å². The average Bonchev–Trinajstić information content (AvgIpc) is 2.94. The fourth-order valence-corrected chi connectivity index (χ4v) is 2.77. The molecule has 3 rings (SSSR count). The predicted molar refractivity (Wildman–Crippen MR) is 93.8 cm³/mol. The number of hydrogen-bond acceptors (Lipinski definition) is 2. The molecule has 0 spiro atoms. The average molecular weight is 343 g/mol. The van der Waals surface area contributed by atoms with Crippen LogP contribution < -0.4 is 4.90 Å². The number of aromatic nitrogens is 1. The van der Waals surface area contributed by atoms with Crippen LogP contribution in [0.1, 0.15) is 16.1 Å². The van der Waals surface area contributed by atoms with Gasteiger partial charge in [-0.25, -0.2) is 4.79 Å². The van der Waals surface area contributed by atoms with E-state index in [1.165, 1.54) is 4.90 Å². The monoisotopic (exact) mass is 342 g/mol. The zero-order valence-electron chi connectivity index (χ0n) is 12.9. The maximum absolute atomic E-state index is 12.6. The Labute approximate surface area is 143 Å².